The van der Waals surface area contributed by atoms with E-state index < -0.39 is 42.9 Å². The third-order valence-electron chi connectivity index (χ3n) is 11.0. The van der Waals surface area contributed by atoms with E-state index in [-0.39, 0.29) is 24.6 Å². The maximum absolute atomic E-state index is 15.0. The Morgan fingerprint density at radius 3 is 2.13 bits per heavy atom. The van der Waals surface area contributed by atoms with Crippen LogP contribution in [0.4, 0.5) is 20.2 Å². The van der Waals surface area contributed by atoms with E-state index in [9.17, 15) is 23.0 Å². The Balaban J connectivity index is 0.000000845. The van der Waals surface area contributed by atoms with Gasteiger partial charge in [-0.3, -0.25) is 4.57 Å². The summed E-state index contributed by atoms with van der Waals surface area (Å²) in [6, 6.07) is 18.4. The molecule has 5 aromatic rings. The highest BCUT2D eigenvalue weighted by atomic mass is 31.2. The zero-order valence-corrected chi connectivity index (χ0v) is 36.6. The Kier molecular flexibility index (Phi) is 15.0. The molecule has 0 saturated carbocycles. The molecule has 0 spiro atoms. The summed E-state index contributed by atoms with van der Waals surface area (Å²) in [6.45, 7) is 8.44. The van der Waals surface area contributed by atoms with Crippen molar-refractivity contribution < 1.29 is 46.7 Å². The first-order valence-electron chi connectivity index (χ1n) is 20.5. The number of benzene rings is 3. The van der Waals surface area contributed by atoms with Crippen LogP contribution in [-0.2, 0) is 26.0 Å². The van der Waals surface area contributed by atoms with Crippen molar-refractivity contribution in [2.24, 2.45) is 5.92 Å². The highest BCUT2D eigenvalue weighted by Gasteiger charge is 2.44. The van der Waals surface area contributed by atoms with Crippen LogP contribution in [0.5, 0.6) is 5.75 Å². The number of halogens is 2. The van der Waals surface area contributed by atoms with Crippen molar-refractivity contribution in [1.82, 2.24) is 29.1 Å². The van der Waals surface area contributed by atoms with Crippen molar-refractivity contribution in [1.29, 1.82) is 0 Å². The quantitative estimate of drug-likeness (QED) is 0.108. The number of aromatic nitrogens is 6. The van der Waals surface area contributed by atoms with E-state index in [1.807, 2.05) is 48.5 Å². The molecule has 336 valence electrons. The molecule has 7 rings (SSSR count). The lowest BCUT2D eigenvalue weighted by atomic mass is 9.87. The summed E-state index contributed by atoms with van der Waals surface area (Å²) >= 11 is 0. The molecule has 5 atom stereocenters. The second-order valence-corrected chi connectivity index (χ2v) is 17.8. The molecule has 2 aromatic heterocycles. The molecule has 62 heavy (non-hydrogen) atoms. The Labute approximate surface area is 359 Å². The minimum atomic E-state index is -4.98. The van der Waals surface area contributed by atoms with E-state index in [1.54, 1.807) is 17.9 Å². The lowest BCUT2D eigenvalue weighted by Gasteiger charge is -2.37. The van der Waals surface area contributed by atoms with Gasteiger partial charge in [-0.15, -0.1) is 0 Å². The number of phosphoric acid groups is 1. The van der Waals surface area contributed by atoms with Crippen LogP contribution in [0.1, 0.15) is 38.3 Å². The monoisotopic (exact) mass is 883 g/mol. The summed E-state index contributed by atoms with van der Waals surface area (Å²) in [5.74, 6) is -0.642. The number of aliphatic hydroxyl groups is 1. The van der Waals surface area contributed by atoms with Crippen LogP contribution in [-0.4, -0.2) is 123 Å². The van der Waals surface area contributed by atoms with Crippen molar-refractivity contribution in [3.8, 4) is 11.4 Å². The fourth-order valence-corrected chi connectivity index (χ4v) is 8.37. The lowest BCUT2D eigenvalue weighted by Crippen LogP contribution is -2.46. The van der Waals surface area contributed by atoms with Crippen LogP contribution < -0.4 is 25.1 Å². The summed E-state index contributed by atoms with van der Waals surface area (Å²) in [4.78, 5) is 42.1. The van der Waals surface area contributed by atoms with Gasteiger partial charge in [0.05, 0.1) is 65.3 Å². The molecule has 20 heteroatoms. The van der Waals surface area contributed by atoms with Crippen LogP contribution in [0.2, 0.25) is 0 Å². The summed E-state index contributed by atoms with van der Waals surface area (Å²) in [6.07, 6.45) is 4.15. The van der Waals surface area contributed by atoms with E-state index in [4.69, 9.17) is 24.0 Å². The van der Waals surface area contributed by atoms with Crippen molar-refractivity contribution in [3.05, 3.63) is 113 Å². The van der Waals surface area contributed by atoms with Gasteiger partial charge in [0.25, 0.3) is 7.82 Å². The van der Waals surface area contributed by atoms with Gasteiger partial charge < -0.3 is 43.2 Å². The second-order valence-electron chi connectivity index (χ2n) is 16.6. The first-order chi connectivity index (χ1) is 29.5. The zero-order chi connectivity index (χ0) is 44.7. The number of phosphoric ester groups is 1. The number of hydrogen-bond donors (Lipinski definition) is 2. The number of rotatable bonds is 16. The predicted molar refractivity (Wildman–Crippen MR) is 226 cm³/mol. The van der Waals surface area contributed by atoms with Gasteiger partial charge in [-0.2, -0.15) is 10.2 Å². The maximum Gasteiger partial charge on any atom is 0.350 e. The first kappa shape index (κ1) is 46.5. The molecule has 3 aromatic carbocycles. The molecule has 2 saturated heterocycles. The maximum atomic E-state index is 15.0. The van der Waals surface area contributed by atoms with Crippen molar-refractivity contribution >= 4 is 19.2 Å². The molecule has 2 fully saturated rings. The molecular formula is C42H56F2N9O8P. The van der Waals surface area contributed by atoms with Gasteiger partial charge in [0.1, 0.15) is 48.5 Å². The third-order valence-corrected chi connectivity index (χ3v) is 11.6. The average molecular weight is 884 g/mol. The molecular weight excluding hydrogens is 827 g/mol. The number of quaternary nitrogens is 1. The van der Waals surface area contributed by atoms with Gasteiger partial charge in [-0.25, -0.2) is 32.5 Å². The van der Waals surface area contributed by atoms with E-state index in [0.29, 0.717) is 37.5 Å². The number of likely N-dealkylation sites (N-methyl/N-ethyl adjacent to an activating group) is 1. The Hall–Kier alpha value is -5.01. The molecule has 17 nitrogen and oxygen atoms in total. The molecule has 2 N–H and O–H groups in total. The summed E-state index contributed by atoms with van der Waals surface area (Å²) in [5, 5.41) is 16.7. The van der Waals surface area contributed by atoms with Crippen molar-refractivity contribution in [3.63, 3.8) is 0 Å². The molecule has 0 aliphatic carbocycles. The largest absolute Gasteiger partial charge is 0.756 e. The number of anilines is 2. The van der Waals surface area contributed by atoms with Crippen LogP contribution in [0, 0.1) is 17.6 Å². The number of nitrogens with zero attached hydrogens (tertiary/aromatic N) is 9. The number of hydrogen-bond acceptors (Lipinski definition) is 12. The Morgan fingerprint density at radius 1 is 0.968 bits per heavy atom. The normalized spacial score (nSPS) is 20.0. The third kappa shape index (κ3) is 11.9. The van der Waals surface area contributed by atoms with E-state index >= 15 is 0 Å². The summed E-state index contributed by atoms with van der Waals surface area (Å²) < 4.78 is 62.1. The average Bonchev–Trinajstić information content (AvgIpc) is 3.98. The number of piperazine rings is 1. The number of ether oxygens (including phenoxy) is 2. The van der Waals surface area contributed by atoms with Gasteiger partial charge in [0, 0.05) is 55.1 Å². The van der Waals surface area contributed by atoms with E-state index in [0.717, 1.165) is 54.6 Å². The SMILES string of the molecule is CC[C@@H]([C@H](C)OP(=O)([O-])O)n1ncn(-c2ccc(N3CCN(c4ccc(OC[C@@H]5CO[C@@](Cn6cncn6)(c6ccc(F)cc6F)C5)cc4)CC3)cc2)c1=O.C[N+](C)(C)CCO. The Bertz CT molecular complexity index is 2290. The minimum Gasteiger partial charge on any atom is -0.756 e. The number of aliphatic hydroxyl groups excluding tert-OH is 1. The summed E-state index contributed by atoms with van der Waals surface area (Å²) in [5.41, 5.74) is 1.48. The fraction of sp³-hybridized carbons (Fsp3) is 0.476. The van der Waals surface area contributed by atoms with E-state index in [2.05, 4.69) is 46.1 Å². The van der Waals surface area contributed by atoms with E-state index in [1.165, 1.54) is 41.0 Å². The standard InChI is InChI=1S/C37H43F2N8O7P.C5H14NO/c1-3-35(26(2)54-55(49,50)51)47-36(48)46(25-42-47)31-7-5-29(6-8-31)43-14-16-44(17-15-43)30-9-11-32(12-10-30)52-20-27-19-37(53-21-27,22-45-24-40-23-41-45)33-13-4-28(38)18-34(33)39;1-6(2,3)4-5-7/h4-13,18,23-27,35H,3,14-17,19-22H2,1-2H3,(H2,49,50,51);7H,4-5H2,1-3H3/q;+1/p-1/t26-,27+,35-,37-;/m0./s1. The highest BCUT2D eigenvalue weighted by molar-refractivity contribution is 7.44. The smallest absolute Gasteiger partial charge is 0.350 e. The molecule has 2 aliphatic heterocycles. The lowest BCUT2D eigenvalue weighted by molar-refractivity contribution is -0.870. The van der Waals surface area contributed by atoms with Gasteiger partial charge in [-0.05, 0) is 74.4 Å². The second kappa shape index (κ2) is 20.0. The minimum absolute atomic E-state index is 0.0356. The molecule has 2 aliphatic rings. The van der Waals surface area contributed by atoms with Crippen molar-refractivity contribution in [2.75, 3.05) is 83.5 Å². The zero-order valence-electron chi connectivity index (χ0n) is 35.7. The highest BCUT2D eigenvalue weighted by Crippen LogP contribution is 2.42. The van der Waals surface area contributed by atoms with Gasteiger partial charge in [0.15, 0.2) is 0 Å². The van der Waals surface area contributed by atoms with Gasteiger partial charge >= 0.3 is 5.69 Å². The predicted octanol–water partition coefficient (Wildman–Crippen LogP) is 3.74. The molecule has 0 radical (unpaired) electrons. The summed E-state index contributed by atoms with van der Waals surface area (Å²) in [7, 11) is 1.18. The first-order valence-corrected chi connectivity index (χ1v) is 22.0. The van der Waals surface area contributed by atoms with Gasteiger partial charge in [0.2, 0.25) is 0 Å². The van der Waals surface area contributed by atoms with Gasteiger partial charge in [-0.1, -0.05) is 13.0 Å². The van der Waals surface area contributed by atoms with Crippen molar-refractivity contribution in [2.45, 2.75) is 51.0 Å². The van der Waals surface area contributed by atoms with Crippen LogP contribution in [0.3, 0.4) is 0 Å². The molecule has 0 amide bonds. The van der Waals surface area contributed by atoms with Crippen LogP contribution in [0.15, 0.2) is 90.5 Å². The molecule has 0 bridgehead atoms. The van der Waals surface area contributed by atoms with Crippen LogP contribution in [0.25, 0.3) is 5.69 Å². The molecule has 1 unspecified atom stereocenters. The fourth-order valence-electron chi connectivity index (χ4n) is 7.81. The molecule has 4 heterocycles. The van der Waals surface area contributed by atoms with Crippen LogP contribution >= 0.6 is 7.82 Å². The Morgan fingerprint density at radius 2 is 1.60 bits per heavy atom. The topological polar surface area (TPSA) is 185 Å².